The molecule has 116 valence electrons. The van der Waals surface area contributed by atoms with Gasteiger partial charge in [0.05, 0.1) is 15.6 Å². The van der Waals surface area contributed by atoms with Gasteiger partial charge in [0.15, 0.2) is 6.23 Å². The van der Waals surface area contributed by atoms with Crippen molar-refractivity contribution in [2.45, 2.75) is 38.5 Å². The minimum absolute atomic E-state index is 0.232. The van der Waals surface area contributed by atoms with Gasteiger partial charge in [-0.3, -0.25) is 0 Å². The van der Waals surface area contributed by atoms with E-state index in [2.05, 4.69) is 37.4 Å². The van der Waals surface area contributed by atoms with Crippen LogP contribution >= 0.6 is 23.2 Å². The van der Waals surface area contributed by atoms with E-state index in [-0.39, 0.29) is 11.8 Å². The highest BCUT2D eigenvalue weighted by Gasteiger charge is 2.39. The first-order valence-corrected chi connectivity index (χ1v) is 8.34. The molecular formula is C18H19Cl2NO. The lowest BCUT2D eigenvalue weighted by molar-refractivity contribution is -0.103. The summed E-state index contributed by atoms with van der Waals surface area (Å²) in [6, 6.07) is 14.0. The van der Waals surface area contributed by atoms with Crippen molar-refractivity contribution in [1.82, 2.24) is 0 Å². The third-order valence-electron chi connectivity index (χ3n) is 4.44. The lowest BCUT2D eigenvalue weighted by Gasteiger charge is -2.43. The Morgan fingerprint density at radius 2 is 1.77 bits per heavy atom. The van der Waals surface area contributed by atoms with Crippen LogP contribution in [-0.4, -0.2) is 0 Å². The van der Waals surface area contributed by atoms with Gasteiger partial charge in [0.2, 0.25) is 0 Å². The van der Waals surface area contributed by atoms with Gasteiger partial charge in [0, 0.05) is 16.8 Å². The summed E-state index contributed by atoms with van der Waals surface area (Å²) >= 11 is 12.2. The first-order valence-electron chi connectivity index (χ1n) is 7.58. The molecule has 1 unspecified atom stereocenters. The minimum Gasteiger partial charge on any atom is -0.356 e. The maximum Gasteiger partial charge on any atom is 0.155 e. The standard InChI is InChI=1S/C18H19Cl2NO/c1-3-18(4-2)13-7-5-6-8-16(13)21-17(22-18)12-9-10-14(19)15(20)11-12/h5-11,17,21H,3-4H2,1-2H3. The number of fused-ring (bicyclic) bond motifs is 1. The van der Waals surface area contributed by atoms with Gasteiger partial charge in [-0.1, -0.05) is 61.3 Å². The highest BCUT2D eigenvalue weighted by Crippen LogP contribution is 2.46. The van der Waals surface area contributed by atoms with Gasteiger partial charge in [-0.05, 0) is 31.0 Å². The van der Waals surface area contributed by atoms with Crippen LogP contribution in [0.1, 0.15) is 44.0 Å². The van der Waals surface area contributed by atoms with Crippen molar-refractivity contribution in [3.05, 3.63) is 63.6 Å². The Balaban J connectivity index is 2.04. The molecule has 0 aromatic heterocycles. The van der Waals surface area contributed by atoms with Crippen LogP contribution in [0.2, 0.25) is 10.0 Å². The van der Waals surface area contributed by atoms with Crippen LogP contribution in [0.3, 0.4) is 0 Å². The van der Waals surface area contributed by atoms with Crippen LogP contribution in [0.15, 0.2) is 42.5 Å². The van der Waals surface area contributed by atoms with Crippen molar-refractivity contribution < 1.29 is 4.74 Å². The summed E-state index contributed by atoms with van der Waals surface area (Å²) in [7, 11) is 0. The Morgan fingerprint density at radius 1 is 1.05 bits per heavy atom. The highest BCUT2D eigenvalue weighted by atomic mass is 35.5. The maximum absolute atomic E-state index is 6.47. The Labute approximate surface area is 141 Å². The average molecular weight is 336 g/mol. The molecule has 0 saturated heterocycles. The van der Waals surface area contributed by atoms with E-state index in [0.29, 0.717) is 10.0 Å². The fraction of sp³-hybridized carbons (Fsp3) is 0.333. The van der Waals surface area contributed by atoms with E-state index < -0.39 is 0 Å². The van der Waals surface area contributed by atoms with E-state index in [1.54, 1.807) is 0 Å². The molecule has 0 aliphatic carbocycles. The number of hydrogen-bond acceptors (Lipinski definition) is 2. The SMILES string of the molecule is CCC1(CC)OC(c2ccc(Cl)c(Cl)c2)Nc2ccccc21. The van der Waals surface area contributed by atoms with Crippen LogP contribution in [0.25, 0.3) is 0 Å². The number of anilines is 1. The number of halogens is 2. The Bertz CT molecular complexity index is 683. The van der Waals surface area contributed by atoms with Gasteiger partial charge < -0.3 is 10.1 Å². The highest BCUT2D eigenvalue weighted by molar-refractivity contribution is 6.42. The zero-order valence-corrected chi connectivity index (χ0v) is 14.2. The van der Waals surface area contributed by atoms with Gasteiger partial charge in [0.1, 0.15) is 0 Å². The third kappa shape index (κ3) is 2.60. The Morgan fingerprint density at radius 3 is 2.45 bits per heavy atom. The molecule has 2 aromatic carbocycles. The maximum atomic E-state index is 6.47. The summed E-state index contributed by atoms with van der Waals surface area (Å²) in [4.78, 5) is 0. The lowest BCUT2D eigenvalue weighted by Crippen LogP contribution is -2.37. The summed E-state index contributed by atoms with van der Waals surface area (Å²) in [5.74, 6) is 0. The van der Waals surface area contributed by atoms with Crippen molar-refractivity contribution in [2.24, 2.45) is 0 Å². The zero-order valence-electron chi connectivity index (χ0n) is 12.7. The summed E-state index contributed by atoms with van der Waals surface area (Å²) in [5, 5.41) is 4.56. The van der Waals surface area contributed by atoms with Crippen molar-refractivity contribution in [3.8, 4) is 0 Å². The summed E-state index contributed by atoms with van der Waals surface area (Å²) in [6.07, 6.45) is 1.60. The fourth-order valence-electron chi connectivity index (χ4n) is 3.09. The van der Waals surface area contributed by atoms with Crippen molar-refractivity contribution in [3.63, 3.8) is 0 Å². The lowest BCUT2D eigenvalue weighted by atomic mass is 9.85. The molecule has 0 radical (unpaired) electrons. The van der Waals surface area contributed by atoms with E-state index in [4.69, 9.17) is 27.9 Å². The van der Waals surface area contributed by atoms with Crippen molar-refractivity contribution in [2.75, 3.05) is 5.32 Å². The number of para-hydroxylation sites is 1. The molecule has 2 aromatic rings. The summed E-state index contributed by atoms with van der Waals surface area (Å²) in [5.41, 5.74) is 3.04. The molecule has 1 aliphatic heterocycles. The Hall–Kier alpha value is -1.22. The van der Waals surface area contributed by atoms with E-state index in [1.165, 1.54) is 5.56 Å². The largest absolute Gasteiger partial charge is 0.356 e. The molecule has 4 heteroatoms. The van der Waals surface area contributed by atoms with E-state index in [1.807, 2.05) is 24.3 Å². The molecule has 3 rings (SSSR count). The van der Waals surface area contributed by atoms with Gasteiger partial charge in [-0.2, -0.15) is 0 Å². The average Bonchev–Trinajstić information content (AvgIpc) is 2.56. The second-order valence-corrected chi connectivity index (χ2v) is 6.38. The van der Waals surface area contributed by atoms with Crippen LogP contribution in [0.5, 0.6) is 0 Å². The van der Waals surface area contributed by atoms with Crippen LogP contribution in [0.4, 0.5) is 5.69 Å². The van der Waals surface area contributed by atoms with E-state index in [0.717, 1.165) is 24.1 Å². The first-order chi connectivity index (χ1) is 10.6. The second-order valence-electron chi connectivity index (χ2n) is 5.56. The predicted molar refractivity (Wildman–Crippen MR) is 92.6 cm³/mol. The predicted octanol–water partition coefficient (Wildman–Crippen LogP) is 6.15. The van der Waals surface area contributed by atoms with E-state index in [9.17, 15) is 0 Å². The molecular weight excluding hydrogens is 317 g/mol. The monoisotopic (exact) mass is 335 g/mol. The first kappa shape index (κ1) is 15.7. The number of rotatable bonds is 3. The third-order valence-corrected chi connectivity index (χ3v) is 5.18. The normalized spacial score (nSPS) is 19.4. The van der Waals surface area contributed by atoms with Crippen molar-refractivity contribution >= 4 is 28.9 Å². The molecule has 0 bridgehead atoms. The quantitative estimate of drug-likeness (QED) is 0.726. The minimum atomic E-state index is -0.279. The van der Waals surface area contributed by atoms with Gasteiger partial charge in [0.25, 0.3) is 0 Å². The second kappa shape index (κ2) is 6.11. The molecule has 1 N–H and O–H groups in total. The van der Waals surface area contributed by atoms with Crippen molar-refractivity contribution in [1.29, 1.82) is 0 Å². The topological polar surface area (TPSA) is 21.3 Å². The molecule has 1 heterocycles. The zero-order chi connectivity index (χ0) is 15.7. The van der Waals surface area contributed by atoms with Crippen LogP contribution < -0.4 is 5.32 Å². The molecule has 0 spiro atoms. The summed E-state index contributed by atoms with van der Waals surface area (Å²) < 4.78 is 6.47. The molecule has 1 aliphatic rings. The van der Waals surface area contributed by atoms with Gasteiger partial charge in [-0.15, -0.1) is 0 Å². The summed E-state index contributed by atoms with van der Waals surface area (Å²) in [6.45, 7) is 4.33. The smallest absolute Gasteiger partial charge is 0.155 e. The number of ether oxygens (including phenoxy) is 1. The molecule has 1 atom stereocenters. The Kier molecular flexibility index (Phi) is 4.35. The molecule has 22 heavy (non-hydrogen) atoms. The van der Waals surface area contributed by atoms with E-state index >= 15 is 0 Å². The van der Waals surface area contributed by atoms with Crippen LogP contribution in [0, 0.1) is 0 Å². The molecule has 0 saturated carbocycles. The molecule has 2 nitrogen and oxygen atoms in total. The number of benzene rings is 2. The molecule has 0 fully saturated rings. The van der Waals surface area contributed by atoms with Gasteiger partial charge >= 0.3 is 0 Å². The molecule has 0 amide bonds. The fourth-order valence-corrected chi connectivity index (χ4v) is 3.40. The van der Waals surface area contributed by atoms with Crippen LogP contribution in [-0.2, 0) is 10.3 Å². The van der Waals surface area contributed by atoms with Gasteiger partial charge in [-0.25, -0.2) is 0 Å². The number of hydrogen-bond donors (Lipinski definition) is 1. The number of nitrogens with one attached hydrogen (secondary N) is 1.